The molecule has 0 amide bonds. The van der Waals surface area contributed by atoms with E-state index in [9.17, 15) is 4.91 Å². The van der Waals surface area contributed by atoms with Gasteiger partial charge in [0.1, 0.15) is 22.9 Å². The van der Waals surface area contributed by atoms with Crippen molar-refractivity contribution in [3.8, 4) is 11.5 Å². The van der Waals surface area contributed by atoms with Gasteiger partial charge in [-0.05, 0) is 36.2 Å². The van der Waals surface area contributed by atoms with E-state index in [-0.39, 0.29) is 5.69 Å². The molecule has 0 saturated heterocycles. The zero-order valence-corrected chi connectivity index (χ0v) is 13.8. The van der Waals surface area contributed by atoms with Crippen LogP contribution >= 0.6 is 0 Å². The van der Waals surface area contributed by atoms with E-state index in [2.05, 4.69) is 15.7 Å². The highest BCUT2D eigenvalue weighted by molar-refractivity contribution is 5.83. The van der Waals surface area contributed by atoms with E-state index in [4.69, 9.17) is 14.7 Å². The van der Waals surface area contributed by atoms with Crippen LogP contribution in [0, 0.1) is 4.91 Å². The summed E-state index contributed by atoms with van der Waals surface area (Å²) in [7, 11) is 1.62. The maximum absolute atomic E-state index is 11.0. The van der Waals surface area contributed by atoms with Gasteiger partial charge >= 0.3 is 0 Å². The number of nitroso groups, excluding NO2 is 1. The minimum atomic E-state index is 0.189. The number of methoxy groups -OCH3 is 1. The lowest BCUT2D eigenvalue weighted by Gasteiger charge is -2.19. The van der Waals surface area contributed by atoms with Gasteiger partial charge in [0.2, 0.25) is 6.21 Å². The van der Waals surface area contributed by atoms with Crippen LogP contribution in [0.1, 0.15) is 17.5 Å². The summed E-state index contributed by atoms with van der Waals surface area (Å²) in [4.78, 5) is 11.0. The molecule has 0 radical (unpaired) electrons. The molecular formula is C17H20N4O4+2. The first-order valence-corrected chi connectivity index (χ1v) is 7.89. The molecule has 5 N–H and O–H groups in total. The first-order valence-electron chi connectivity index (χ1n) is 7.89. The second-order valence-electron chi connectivity index (χ2n) is 5.52. The Kier molecular flexibility index (Phi) is 5.22. The van der Waals surface area contributed by atoms with Crippen molar-refractivity contribution in [3.63, 3.8) is 0 Å². The molecule has 1 heterocycles. The van der Waals surface area contributed by atoms with E-state index in [1.807, 2.05) is 12.1 Å². The minimum Gasteiger partial charge on any atom is -0.496 e. The van der Waals surface area contributed by atoms with E-state index in [0.29, 0.717) is 18.0 Å². The van der Waals surface area contributed by atoms with Crippen molar-refractivity contribution >= 4 is 23.3 Å². The number of rotatable bonds is 6. The topological polar surface area (TPSA) is 111 Å². The van der Waals surface area contributed by atoms with E-state index < -0.39 is 0 Å². The van der Waals surface area contributed by atoms with Crippen LogP contribution < -0.4 is 25.5 Å². The molecule has 130 valence electrons. The van der Waals surface area contributed by atoms with Crippen LogP contribution in [-0.4, -0.2) is 25.1 Å². The number of fused-ring (bicyclic) bond motifs is 1. The van der Waals surface area contributed by atoms with Gasteiger partial charge in [0.15, 0.2) is 5.69 Å². The molecule has 0 bridgehead atoms. The standard InChI is InChI=1S/C17H18N4O4/c1-24-16-6-7-17-12(3-2-8-25-17)13(16)10-18-19-14-5-4-11(20-22)9-15(14)21-23/h4-7,9-10,19-20,22H,2-3,8H2,1H3/p+2/b18-10+. The molecule has 8 nitrogen and oxygen atoms in total. The Hall–Kier alpha value is -2.97. The lowest BCUT2D eigenvalue weighted by molar-refractivity contribution is -0.825. The van der Waals surface area contributed by atoms with Crippen LogP contribution in [-0.2, 0) is 6.42 Å². The molecule has 1 aliphatic rings. The molecule has 0 spiro atoms. The number of anilines is 1. The third-order valence-electron chi connectivity index (χ3n) is 4.02. The maximum atomic E-state index is 11.0. The van der Waals surface area contributed by atoms with Crippen LogP contribution in [0.15, 0.2) is 35.5 Å². The minimum absolute atomic E-state index is 0.189. The number of hydrazine groups is 1. The van der Waals surface area contributed by atoms with Crippen LogP contribution in [0.25, 0.3) is 0 Å². The lowest BCUT2D eigenvalue weighted by Crippen LogP contribution is -2.74. The summed E-state index contributed by atoms with van der Waals surface area (Å²) in [6, 6.07) is 8.58. The molecule has 8 heteroatoms. The Bertz CT molecular complexity index is 807. The van der Waals surface area contributed by atoms with Gasteiger partial charge in [-0.1, -0.05) is 0 Å². The van der Waals surface area contributed by atoms with Crippen LogP contribution in [0.5, 0.6) is 11.5 Å². The molecule has 2 aromatic rings. The van der Waals surface area contributed by atoms with Gasteiger partial charge in [-0.25, -0.2) is 5.21 Å². The third kappa shape index (κ3) is 3.59. The number of hydrogen-bond acceptors (Lipinski definition) is 6. The SMILES string of the molecule is COc1ccc2c(c1/C=[NH+]/Nc1ccc([NH2+]O)cc1N=O)CCCO2. The summed E-state index contributed by atoms with van der Waals surface area (Å²) in [5, 5.41) is 14.9. The predicted octanol–water partition coefficient (Wildman–Crippen LogP) is 0.529. The zero-order valence-electron chi connectivity index (χ0n) is 13.8. The van der Waals surface area contributed by atoms with Crippen molar-refractivity contribution in [3.05, 3.63) is 46.4 Å². The van der Waals surface area contributed by atoms with Crippen molar-refractivity contribution in [1.29, 1.82) is 0 Å². The summed E-state index contributed by atoms with van der Waals surface area (Å²) in [6.07, 6.45) is 3.63. The Balaban J connectivity index is 1.87. The van der Waals surface area contributed by atoms with Gasteiger partial charge in [0.05, 0.1) is 19.3 Å². The van der Waals surface area contributed by atoms with E-state index >= 15 is 0 Å². The van der Waals surface area contributed by atoms with Crippen molar-refractivity contribution in [2.75, 3.05) is 19.1 Å². The normalized spacial score (nSPS) is 13.2. The summed E-state index contributed by atoms with van der Waals surface area (Å²) in [5.74, 6) is 1.59. The Labute approximate surface area is 144 Å². The Morgan fingerprint density at radius 3 is 3.04 bits per heavy atom. The average Bonchev–Trinajstić information content (AvgIpc) is 2.68. The fraction of sp³-hybridized carbons (Fsp3) is 0.235. The first kappa shape index (κ1) is 16.9. The van der Waals surface area contributed by atoms with Crippen molar-refractivity contribution < 1.29 is 25.3 Å². The van der Waals surface area contributed by atoms with Crippen molar-refractivity contribution in [1.82, 2.24) is 0 Å². The molecular weight excluding hydrogens is 324 g/mol. The predicted molar refractivity (Wildman–Crippen MR) is 91.8 cm³/mol. The number of ether oxygens (including phenoxy) is 2. The van der Waals surface area contributed by atoms with Gasteiger partial charge in [-0.15, -0.1) is 10.0 Å². The van der Waals surface area contributed by atoms with Crippen LogP contribution in [0.4, 0.5) is 17.1 Å². The second-order valence-corrected chi connectivity index (χ2v) is 5.52. The fourth-order valence-electron chi connectivity index (χ4n) is 2.78. The van der Waals surface area contributed by atoms with Crippen LogP contribution in [0.3, 0.4) is 0 Å². The molecule has 25 heavy (non-hydrogen) atoms. The molecule has 3 rings (SSSR count). The number of benzene rings is 2. The molecule has 0 aromatic heterocycles. The maximum Gasteiger partial charge on any atom is 0.202 e. The molecule has 0 saturated carbocycles. The average molecular weight is 344 g/mol. The number of nitrogens with two attached hydrogens (primary N) is 1. The van der Waals surface area contributed by atoms with Crippen LogP contribution in [0.2, 0.25) is 0 Å². The molecule has 0 unspecified atom stereocenters. The number of hydrazone groups is 1. The van der Waals surface area contributed by atoms with Crippen molar-refractivity contribution in [2.24, 2.45) is 5.18 Å². The summed E-state index contributed by atoms with van der Waals surface area (Å²) in [6.45, 7) is 0.715. The number of quaternary nitrogens is 1. The lowest BCUT2D eigenvalue weighted by atomic mass is 9.99. The molecule has 0 aliphatic carbocycles. The molecule has 0 atom stereocenters. The van der Waals surface area contributed by atoms with Gasteiger partial charge in [-0.3, -0.25) is 0 Å². The highest BCUT2D eigenvalue weighted by atomic mass is 16.5. The number of nitrogens with one attached hydrogen (secondary N) is 2. The Morgan fingerprint density at radius 2 is 2.28 bits per heavy atom. The highest BCUT2D eigenvalue weighted by Crippen LogP contribution is 2.32. The summed E-state index contributed by atoms with van der Waals surface area (Å²) < 4.78 is 11.1. The quantitative estimate of drug-likeness (QED) is 0.264. The highest BCUT2D eigenvalue weighted by Gasteiger charge is 2.19. The molecule has 2 aromatic carbocycles. The fourth-order valence-corrected chi connectivity index (χ4v) is 2.78. The monoisotopic (exact) mass is 344 g/mol. The summed E-state index contributed by atoms with van der Waals surface area (Å²) >= 11 is 0. The first-order chi connectivity index (χ1) is 12.3. The van der Waals surface area contributed by atoms with E-state index in [1.165, 1.54) is 6.07 Å². The van der Waals surface area contributed by atoms with Gasteiger partial charge in [0.25, 0.3) is 0 Å². The Morgan fingerprint density at radius 1 is 1.40 bits per heavy atom. The second kappa shape index (κ2) is 7.73. The van der Waals surface area contributed by atoms with Gasteiger partial charge < -0.3 is 9.47 Å². The molecule has 1 aliphatic heterocycles. The van der Waals surface area contributed by atoms with Gasteiger partial charge in [-0.2, -0.15) is 10.9 Å². The number of nitrogens with zero attached hydrogens (tertiary/aromatic N) is 1. The van der Waals surface area contributed by atoms with Crippen molar-refractivity contribution in [2.45, 2.75) is 12.8 Å². The largest absolute Gasteiger partial charge is 0.496 e. The summed E-state index contributed by atoms with van der Waals surface area (Å²) in [5.41, 5.74) is 7.01. The smallest absolute Gasteiger partial charge is 0.202 e. The van der Waals surface area contributed by atoms with Gasteiger partial charge in [0, 0.05) is 17.7 Å². The zero-order chi connectivity index (χ0) is 17.6. The number of hydrogen-bond donors (Lipinski definition) is 4. The third-order valence-corrected chi connectivity index (χ3v) is 4.02. The van der Waals surface area contributed by atoms with E-state index in [0.717, 1.165) is 40.9 Å². The van der Waals surface area contributed by atoms with E-state index in [1.54, 1.807) is 25.5 Å². The molecule has 0 fully saturated rings.